The maximum absolute atomic E-state index is 13.9. The van der Waals surface area contributed by atoms with Crippen LogP contribution in [0.2, 0.25) is 5.02 Å². The molecule has 1 aliphatic rings. The molecule has 8 heteroatoms. The van der Waals surface area contributed by atoms with Gasteiger partial charge in [0.1, 0.15) is 5.82 Å². The predicted molar refractivity (Wildman–Crippen MR) is 99.5 cm³/mol. The van der Waals surface area contributed by atoms with E-state index < -0.39 is 11.7 Å². The van der Waals surface area contributed by atoms with E-state index in [-0.39, 0.29) is 23.3 Å². The number of rotatable bonds is 4. The smallest absolute Gasteiger partial charge is 0.326 e. The third-order valence-corrected chi connectivity index (χ3v) is 5.06. The molecular formula is C20H19ClF4N2O. The molecule has 2 aromatic rings. The van der Waals surface area contributed by atoms with Crippen LogP contribution in [0.1, 0.15) is 24.0 Å². The highest BCUT2D eigenvalue weighted by atomic mass is 35.5. The Balaban J connectivity index is 1.54. The number of nitrogens with one attached hydrogen (secondary N) is 1. The molecule has 0 radical (unpaired) electrons. The fraction of sp³-hybridized carbons (Fsp3) is 0.350. The molecule has 0 aromatic heterocycles. The molecule has 1 heterocycles. The number of carbonyl (C=O) groups is 1. The van der Waals surface area contributed by atoms with Gasteiger partial charge in [0.05, 0.1) is 5.56 Å². The summed E-state index contributed by atoms with van der Waals surface area (Å²) < 4.78 is 52.3. The van der Waals surface area contributed by atoms with Crippen molar-refractivity contribution >= 4 is 23.2 Å². The summed E-state index contributed by atoms with van der Waals surface area (Å²) in [5.74, 6) is -0.950. The van der Waals surface area contributed by atoms with Gasteiger partial charge < -0.3 is 5.32 Å². The van der Waals surface area contributed by atoms with E-state index in [0.29, 0.717) is 43.1 Å². The van der Waals surface area contributed by atoms with E-state index in [1.807, 2.05) is 4.90 Å². The first-order valence-corrected chi connectivity index (χ1v) is 9.24. The molecule has 2 aromatic carbocycles. The van der Waals surface area contributed by atoms with Crippen molar-refractivity contribution in [3.63, 3.8) is 0 Å². The van der Waals surface area contributed by atoms with Crippen LogP contribution in [0.4, 0.5) is 23.2 Å². The molecule has 0 atom stereocenters. The predicted octanol–water partition coefficient (Wildman–Crippen LogP) is 5.35. The van der Waals surface area contributed by atoms with Gasteiger partial charge in [-0.25, -0.2) is 4.39 Å². The lowest BCUT2D eigenvalue weighted by Gasteiger charge is -2.31. The maximum atomic E-state index is 13.9. The molecule has 0 saturated carbocycles. The number of benzene rings is 2. The molecular weight excluding hydrogens is 396 g/mol. The summed E-state index contributed by atoms with van der Waals surface area (Å²) in [5.41, 5.74) is -0.133. The fourth-order valence-electron chi connectivity index (χ4n) is 3.26. The van der Waals surface area contributed by atoms with Gasteiger partial charge in [-0.2, -0.15) is 13.2 Å². The molecule has 1 aliphatic heterocycles. The lowest BCUT2D eigenvalue weighted by atomic mass is 9.95. The molecule has 1 N–H and O–H groups in total. The first-order valence-electron chi connectivity index (χ1n) is 8.87. The first-order chi connectivity index (χ1) is 13.2. The van der Waals surface area contributed by atoms with Crippen LogP contribution in [0, 0.1) is 11.7 Å². The van der Waals surface area contributed by atoms with Crippen LogP contribution in [-0.2, 0) is 17.5 Å². The van der Waals surface area contributed by atoms with E-state index >= 15 is 0 Å². The van der Waals surface area contributed by atoms with Gasteiger partial charge in [-0.15, -0.1) is 0 Å². The number of likely N-dealkylation sites (tertiary alicyclic amines) is 1. The van der Waals surface area contributed by atoms with E-state index in [1.54, 1.807) is 12.1 Å². The molecule has 0 unspecified atom stereocenters. The van der Waals surface area contributed by atoms with Gasteiger partial charge in [0.25, 0.3) is 0 Å². The molecule has 0 spiro atoms. The Kier molecular flexibility index (Phi) is 6.25. The fourth-order valence-corrected chi connectivity index (χ4v) is 3.42. The molecule has 1 saturated heterocycles. The average Bonchev–Trinajstić information content (AvgIpc) is 2.64. The average molecular weight is 415 g/mol. The summed E-state index contributed by atoms with van der Waals surface area (Å²) in [7, 11) is 0. The van der Waals surface area contributed by atoms with Crippen molar-refractivity contribution in [2.45, 2.75) is 25.6 Å². The number of carbonyl (C=O) groups excluding carboxylic acids is 1. The Hall–Kier alpha value is -2.12. The number of hydrogen-bond donors (Lipinski definition) is 1. The van der Waals surface area contributed by atoms with Gasteiger partial charge in [-0.05, 0) is 56.3 Å². The summed E-state index contributed by atoms with van der Waals surface area (Å²) in [6.45, 7) is 1.62. The number of anilines is 1. The summed E-state index contributed by atoms with van der Waals surface area (Å²) >= 11 is 5.75. The lowest BCUT2D eigenvalue weighted by Crippen LogP contribution is -2.37. The van der Waals surface area contributed by atoms with Crippen molar-refractivity contribution in [3.05, 3.63) is 64.4 Å². The van der Waals surface area contributed by atoms with Crippen molar-refractivity contribution in [3.8, 4) is 0 Å². The number of nitrogens with zero attached hydrogens (tertiary/aromatic N) is 1. The minimum Gasteiger partial charge on any atom is -0.326 e. The van der Waals surface area contributed by atoms with Crippen molar-refractivity contribution < 1.29 is 22.4 Å². The number of piperidine rings is 1. The van der Waals surface area contributed by atoms with Crippen molar-refractivity contribution in [2.75, 3.05) is 18.4 Å². The van der Waals surface area contributed by atoms with Crippen LogP contribution in [0.25, 0.3) is 0 Å². The molecule has 1 fully saturated rings. The zero-order valence-electron chi connectivity index (χ0n) is 14.9. The van der Waals surface area contributed by atoms with Crippen molar-refractivity contribution in [2.24, 2.45) is 5.92 Å². The highest BCUT2D eigenvalue weighted by molar-refractivity contribution is 6.30. The largest absolute Gasteiger partial charge is 0.416 e. The van der Waals surface area contributed by atoms with E-state index in [9.17, 15) is 22.4 Å². The molecule has 150 valence electrons. The zero-order valence-corrected chi connectivity index (χ0v) is 15.7. The minimum atomic E-state index is -4.46. The highest BCUT2D eigenvalue weighted by Crippen LogP contribution is 2.31. The second-order valence-corrected chi connectivity index (χ2v) is 7.29. The van der Waals surface area contributed by atoms with Crippen molar-refractivity contribution in [1.29, 1.82) is 0 Å². The highest BCUT2D eigenvalue weighted by Gasteiger charge is 2.31. The Morgan fingerprint density at radius 3 is 2.50 bits per heavy atom. The molecule has 0 aliphatic carbocycles. The summed E-state index contributed by atoms with van der Waals surface area (Å²) in [5, 5.41) is 2.91. The molecule has 28 heavy (non-hydrogen) atoms. The Morgan fingerprint density at radius 1 is 1.14 bits per heavy atom. The van der Waals surface area contributed by atoms with Crippen LogP contribution in [0.3, 0.4) is 0 Å². The summed E-state index contributed by atoms with van der Waals surface area (Å²) in [4.78, 5) is 14.4. The van der Waals surface area contributed by atoms with Crippen LogP contribution in [0.5, 0.6) is 0 Å². The Morgan fingerprint density at radius 2 is 1.86 bits per heavy atom. The van der Waals surface area contributed by atoms with Crippen LogP contribution in [-0.4, -0.2) is 23.9 Å². The summed E-state index contributed by atoms with van der Waals surface area (Å²) in [6, 6.07) is 9.14. The SMILES string of the molecule is O=C(Nc1cccc(C(F)(F)F)c1)C1CCN(Cc2ccc(Cl)cc2F)CC1. The van der Waals surface area contributed by atoms with E-state index in [2.05, 4.69) is 5.32 Å². The third-order valence-electron chi connectivity index (χ3n) is 4.82. The van der Waals surface area contributed by atoms with Gasteiger partial charge >= 0.3 is 6.18 Å². The molecule has 1 amide bonds. The number of alkyl halides is 3. The lowest BCUT2D eigenvalue weighted by molar-refractivity contribution is -0.137. The summed E-state index contributed by atoms with van der Waals surface area (Å²) in [6.07, 6.45) is -3.34. The van der Waals surface area contributed by atoms with Crippen molar-refractivity contribution in [1.82, 2.24) is 4.90 Å². The number of hydrogen-bond acceptors (Lipinski definition) is 2. The van der Waals surface area contributed by atoms with E-state index in [1.165, 1.54) is 18.2 Å². The van der Waals surface area contributed by atoms with Gasteiger partial charge in [0.2, 0.25) is 5.91 Å². The topological polar surface area (TPSA) is 32.3 Å². The Bertz CT molecular complexity index is 848. The third kappa shape index (κ3) is 5.23. The van der Waals surface area contributed by atoms with Crippen LogP contribution in [0.15, 0.2) is 42.5 Å². The standard InChI is InChI=1S/C20H19ClF4N2O/c21-16-5-4-14(18(22)11-16)12-27-8-6-13(7-9-27)19(28)26-17-3-1-2-15(10-17)20(23,24)25/h1-5,10-11,13H,6-9,12H2,(H,26,28). The monoisotopic (exact) mass is 414 g/mol. The second-order valence-electron chi connectivity index (χ2n) is 6.85. The van der Waals surface area contributed by atoms with Gasteiger partial charge in [0.15, 0.2) is 0 Å². The number of amides is 1. The zero-order chi connectivity index (χ0) is 20.3. The normalized spacial score (nSPS) is 16.2. The Labute approximate surface area is 165 Å². The van der Waals surface area contributed by atoms with Gasteiger partial charge in [0, 0.05) is 28.7 Å². The maximum Gasteiger partial charge on any atom is 0.416 e. The van der Waals surface area contributed by atoms with E-state index in [4.69, 9.17) is 11.6 Å². The second kappa shape index (κ2) is 8.49. The molecule has 3 rings (SSSR count). The van der Waals surface area contributed by atoms with Crippen LogP contribution < -0.4 is 5.32 Å². The van der Waals surface area contributed by atoms with Gasteiger partial charge in [-0.1, -0.05) is 23.7 Å². The van der Waals surface area contributed by atoms with Crippen LogP contribution >= 0.6 is 11.6 Å². The first kappa shape index (κ1) is 20.6. The van der Waals surface area contributed by atoms with E-state index in [0.717, 1.165) is 12.1 Å². The molecule has 0 bridgehead atoms. The molecule has 3 nitrogen and oxygen atoms in total. The number of halogens is 5. The quantitative estimate of drug-likeness (QED) is 0.684. The minimum absolute atomic E-state index is 0.130. The van der Waals surface area contributed by atoms with Gasteiger partial charge in [-0.3, -0.25) is 9.69 Å².